The van der Waals surface area contributed by atoms with E-state index in [0.29, 0.717) is 0 Å². The van der Waals surface area contributed by atoms with Crippen LogP contribution >= 0.6 is 0 Å². The molecule has 6 heteroatoms. The molecule has 5 nitrogen and oxygen atoms in total. The number of hydrogen-bond donors (Lipinski definition) is 1. The van der Waals surface area contributed by atoms with E-state index in [0.717, 1.165) is 0 Å². The van der Waals surface area contributed by atoms with Crippen LogP contribution in [0.5, 0.6) is 0 Å². The van der Waals surface area contributed by atoms with Crippen molar-refractivity contribution in [2.45, 2.75) is 6.92 Å². The number of hydrogen-bond acceptors (Lipinski definition) is 3. The van der Waals surface area contributed by atoms with Crippen LogP contribution in [0.15, 0.2) is 23.9 Å². The molecule has 0 saturated carbocycles. The zero-order valence-corrected chi connectivity index (χ0v) is 7.28. The summed E-state index contributed by atoms with van der Waals surface area (Å²) in [6.45, 7) is 1.53. The van der Waals surface area contributed by atoms with Crippen molar-refractivity contribution in [3.05, 3.63) is 34.0 Å². The molecule has 0 heterocycles. The number of rotatable bonds is 4. The van der Waals surface area contributed by atoms with Gasteiger partial charge in [-0.2, -0.15) is 0 Å². The van der Waals surface area contributed by atoms with Crippen molar-refractivity contribution in [1.82, 2.24) is 0 Å². The first-order chi connectivity index (χ1) is 5.57. The lowest BCUT2D eigenvalue weighted by molar-refractivity contribution is -0.419. The highest BCUT2D eigenvalue weighted by Crippen LogP contribution is 1.96. The van der Waals surface area contributed by atoms with Crippen LogP contribution in [-0.4, -0.2) is 19.4 Å². The van der Waals surface area contributed by atoms with Crippen LogP contribution in [0, 0.1) is 10.1 Å². The van der Waals surface area contributed by atoms with Crippen molar-refractivity contribution in [2.24, 2.45) is 0 Å². The molecule has 0 amide bonds. The maximum atomic E-state index is 10.2. The lowest BCUT2D eigenvalue weighted by Crippen LogP contribution is -1.96. The van der Waals surface area contributed by atoms with Crippen LogP contribution in [0.25, 0.3) is 0 Å². The highest BCUT2D eigenvalue weighted by atomic mass is 32.2. The first kappa shape index (κ1) is 11.0. The Hall–Kier alpha value is -1.01. The highest BCUT2D eigenvalue weighted by Gasteiger charge is 2.01. The molecule has 0 aromatic rings. The van der Waals surface area contributed by atoms with Crippen molar-refractivity contribution in [3.63, 3.8) is 0 Å². The normalized spacial score (nSPS) is 15.0. The number of allylic oxidation sites excluding steroid dienone is 2. The van der Waals surface area contributed by atoms with E-state index < -0.39 is 16.0 Å². The van der Waals surface area contributed by atoms with E-state index in [1.807, 2.05) is 0 Å². The second-order valence-electron chi connectivity index (χ2n) is 1.86. The third kappa shape index (κ3) is 4.75. The van der Waals surface area contributed by atoms with E-state index in [4.69, 9.17) is 4.55 Å². The van der Waals surface area contributed by atoms with Gasteiger partial charge in [0.2, 0.25) is 0 Å². The molecule has 0 spiro atoms. The molecular weight excluding hydrogens is 182 g/mol. The molecule has 0 rings (SSSR count). The van der Waals surface area contributed by atoms with E-state index >= 15 is 0 Å². The maximum absolute atomic E-state index is 10.2. The van der Waals surface area contributed by atoms with Crippen LogP contribution in [-0.2, 0) is 11.1 Å². The number of nitro groups is 1. The Morgan fingerprint density at radius 1 is 1.75 bits per heavy atom. The Balaban J connectivity index is 4.13. The van der Waals surface area contributed by atoms with Gasteiger partial charge in [0, 0.05) is 6.08 Å². The Kier molecular flexibility index (Phi) is 5.14. The summed E-state index contributed by atoms with van der Waals surface area (Å²) in [5, 5.41) is 10.2. The van der Waals surface area contributed by atoms with Gasteiger partial charge in [-0.15, -0.1) is 0 Å². The first-order valence-electron chi connectivity index (χ1n) is 3.12. The van der Waals surface area contributed by atoms with E-state index in [1.54, 1.807) is 0 Å². The fourth-order valence-corrected chi connectivity index (χ4v) is 0.775. The van der Waals surface area contributed by atoms with Crippen LogP contribution < -0.4 is 0 Å². The summed E-state index contributed by atoms with van der Waals surface area (Å²) in [7, 11) is 0. The van der Waals surface area contributed by atoms with Gasteiger partial charge in [-0.3, -0.25) is 10.1 Å². The minimum absolute atomic E-state index is 0.0829. The summed E-state index contributed by atoms with van der Waals surface area (Å²) < 4.78 is 18.4. The van der Waals surface area contributed by atoms with Gasteiger partial charge in [0.15, 0.2) is 11.1 Å². The molecular formula is C6H9NO4S. The molecule has 12 heavy (non-hydrogen) atoms. The molecule has 1 N–H and O–H groups in total. The predicted molar refractivity (Wildman–Crippen MR) is 45.5 cm³/mol. The summed E-state index contributed by atoms with van der Waals surface area (Å²) >= 11 is -1.93. The molecule has 1 atom stereocenters. The van der Waals surface area contributed by atoms with Gasteiger partial charge in [-0.1, -0.05) is 6.08 Å². The van der Waals surface area contributed by atoms with Crippen LogP contribution in [0.3, 0.4) is 0 Å². The Bertz CT molecular complexity index is 246. The molecule has 0 radical (unpaired) electrons. The average Bonchev–Trinajstić information content (AvgIpc) is 1.96. The largest absolute Gasteiger partial charge is 0.306 e. The molecule has 0 bridgehead atoms. The third-order valence-electron chi connectivity index (χ3n) is 1.03. The molecule has 0 aliphatic rings. The predicted octanol–water partition coefficient (Wildman–Crippen LogP) is 0.945. The fraction of sp³-hybridized carbons (Fsp3) is 0.333. The minimum Gasteiger partial charge on any atom is -0.306 e. The van der Waals surface area contributed by atoms with Crippen molar-refractivity contribution < 1.29 is 13.7 Å². The molecule has 1 unspecified atom stereocenters. The highest BCUT2D eigenvalue weighted by molar-refractivity contribution is 7.79. The average molecular weight is 191 g/mol. The van der Waals surface area contributed by atoms with Gasteiger partial charge in [-0.05, 0) is 13.0 Å². The Morgan fingerprint density at radius 3 is 2.67 bits per heavy atom. The summed E-state index contributed by atoms with van der Waals surface area (Å²) in [6.07, 6.45) is 3.80. The van der Waals surface area contributed by atoms with Gasteiger partial charge in [0.05, 0.1) is 10.7 Å². The Morgan fingerprint density at radius 2 is 2.33 bits per heavy atom. The van der Waals surface area contributed by atoms with Crippen molar-refractivity contribution >= 4 is 11.1 Å². The topological polar surface area (TPSA) is 80.4 Å². The molecule has 0 aromatic heterocycles. The summed E-state index contributed by atoms with van der Waals surface area (Å²) in [6, 6.07) is 0. The van der Waals surface area contributed by atoms with Crippen molar-refractivity contribution in [1.29, 1.82) is 0 Å². The van der Waals surface area contributed by atoms with Crippen molar-refractivity contribution in [2.75, 3.05) is 5.75 Å². The van der Waals surface area contributed by atoms with Gasteiger partial charge in [0.25, 0.3) is 5.70 Å². The molecule has 0 fully saturated rings. The van der Waals surface area contributed by atoms with Gasteiger partial charge < -0.3 is 4.55 Å². The molecule has 0 aliphatic carbocycles. The van der Waals surface area contributed by atoms with Crippen LogP contribution in [0.2, 0.25) is 0 Å². The Labute approximate surface area is 72.2 Å². The smallest absolute Gasteiger partial charge is 0.264 e. The quantitative estimate of drug-likeness (QED) is 0.310. The minimum atomic E-state index is -1.93. The molecule has 0 aliphatic heterocycles. The lowest BCUT2D eigenvalue weighted by Gasteiger charge is -1.88. The van der Waals surface area contributed by atoms with E-state index in [1.165, 1.54) is 25.2 Å². The summed E-state index contributed by atoms with van der Waals surface area (Å²) in [5.74, 6) is -0.0921. The molecule has 0 saturated heterocycles. The van der Waals surface area contributed by atoms with Gasteiger partial charge in [0.1, 0.15) is 0 Å². The van der Waals surface area contributed by atoms with Crippen molar-refractivity contribution in [3.8, 4) is 0 Å². The van der Waals surface area contributed by atoms with Crippen LogP contribution in [0.1, 0.15) is 6.92 Å². The SMILES string of the molecule is CC=C(C=CCS(=O)O)[N+](=O)[O-]. The van der Waals surface area contributed by atoms with E-state index in [-0.39, 0.29) is 11.4 Å². The summed E-state index contributed by atoms with van der Waals surface area (Å²) in [5.41, 5.74) is -0.0829. The fourth-order valence-electron chi connectivity index (χ4n) is 0.514. The zero-order chi connectivity index (χ0) is 9.56. The monoisotopic (exact) mass is 191 g/mol. The van der Waals surface area contributed by atoms with Crippen LogP contribution in [0.4, 0.5) is 0 Å². The number of nitrogens with zero attached hydrogens (tertiary/aromatic N) is 1. The maximum Gasteiger partial charge on any atom is 0.264 e. The van der Waals surface area contributed by atoms with Gasteiger partial charge >= 0.3 is 0 Å². The zero-order valence-electron chi connectivity index (χ0n) is 6.47. The second kappa shape index (κ2) is 5.62. The van der Waals surface area contributed by atoms with E-state index in [9.17, 15) is 14.3 Å². The third-order valence-corrected chi connectivity index (χ3v) is 1.51. The molecule has 0 aromatic carbocycles. The molecule has 68 valence electrons. The standard InChI is InChI=1S/C6H9NO4S/c1-2-6(7(8)9)4-3-5-12(10)11/h2-4H,5H2,1H3,(H,10,11). The summed E-state index contributed by atoms with van der Waals surface area (Å²) in [4.78, 5) is 9.60. The second-order valence-corrected chi connectivity index (χ2v) is 2.84. The first-order valence-corrected chi connectivity index (χ1v) is 4.40. The van der Waals surface area contributed by atoms with E-state index in [2.05, 4.69) is 0 Å². The lowest BCUT2D eigenvalue weighted by atomic mass is 10.4. The van der Waals surface area contributed by atoms with Gasteiger partial charge in [-0.25, -0.2) is 4.21 Å².